The lowest BCUT2D eigenvalue weighted by molar-refractivity contribution is -0.129. The summed E-state index contributed by atoms with van der Waals surface area (Å²) < 4.78 is 0. The second-order valence-corrected chi connectivity index (χ2v) is 7.48. The van der Waals surface area contributed by atoms with Crippen molar-refractivity contribution in [2.75, 3.05) is 26.7 Å². The molecule has 0 spiro atoms. The molecular formula is C24H32N4O. The van der Waals surface area contributed by atoms with Gasteiger partial charge in [0.15, 0.2) is 5.96 Å². The van der Waals surface area contributed by atoms with Crippen LogP contribution in [-0.4, -0.2) is 49.5 Å². The van der Waals surface area contributed by atoms with Crippen molar-refractivity contribution in [1.82, 2.24) is 15.5 Å². The molecule has 1 aliphatic heterocycles. The van der Waals surface area contributed by atoms with Gasteiger partial charge in [-0.05, 0) is 24.0 Å². The highest BCUT2D eigenvalue weighted by Gasteiger charge is 2.25. The van der Waals surface area contributed by atoms with Crippen molar-refractivity contribution in [3.63, 3.8) is 0 Å². The fraction of sp³-hybridized carbons (Fsp3) is 0.417. The molecule has 1 saturated heterocycles. The lowest BCUT2D eigenvalue weighted by Gasteiger charge is -2.21. The van der Waals surface area contributed by atoms with Crippen LogP contribution in [0.3, 0.4) is 0 Å². The standard InChI is InChI=1S/C24H32N4O/c1-3-23(29)28-17-15-21(18-28)27-24(25-2)26-16-14-22(19-10-6-4-7-11-19)20-12-8-5-9-13-20/h4-13,21-22H,3,14-18H2,1-2H3,(H2,25,26,27). The quantitative estimate of drug-likeness (QED) is 0.561. The summed E-state index contributed by atoms with van der Waals surface area (Å²) in [5.74, 6) is 1.37. The Labute approximate surface area is 174 Å². The van der Waals surface area contributed by atoms with Crippen LogP contribution in [0.25, 0.3) is 0 Å². The molecule has 5 heteroatoms. The van der Waals surface area contributed by atoms with Gasteiger partial charge in [0.2, 0.25) is 5.91 Å². The highest BCUT2D eigenvalue weighted by Crippen LogP contribution is 2.27. The third-order valence-electron chi connectivity index (χ3n) is 5.54. The summed E-state index contributed by atoms with van der Waals surface area (Å²) in [6.45, 7) is 4.31. The molecule has 1 fully saturated rings. The van der Waals surface area contributed by atoms with E-state index in [2.05, 4.69) is 76.3 Å². The van der Waals surface area contributed by atoms with E-state index in [1.165, 1.54) is 11.1 Å². The maximum absolute atomic E-state index is 11.9. The molecule has 0 saturated carbocycles. The summed E-state index contributed by atoms with van der Waals surface area (Å²) in [7, 11) is 1.80. The molecule has 1 amide bonds. The molecule has 0 aromatic heterocycles. The van der Waals surface area contributed by atoms with Crippen LogP contribution in [0, 0.1) is 0 Å². The molecule has 2 aromatic rings. The van der Waals surface area contributed by atoms with Gasteiger partial charge in [-0.3, -0.25) is 9.79 Å². The van der Waals surface area contributed by atoms with Crippen molar-refractivity contribution in [3.05, 3.63) is 71.8 Å². The molecule has 0 bridgehead atoms. The summed E-state index contributed by atoms with van der Waals surface area (Å²) in [6, 6.07) is 21.6. The topological polar surface area (TPSA) is 56.7 Å². The molecule has 1 heterocycles. The van der Waals surface area contributed by atoms with E-state index in [0.717, 1.165) is 38.4 Å². The monoisotopic (exact) mass is 392 g/mol. The molecule has 154 valence electrons. The number of nitrogens with one attached hydrogen (secondary N) is 2. The number of hydrogen-bond donors (Lipinski definition) is 2. The Bertz CT molecular complexity index is 752. The summed E-state index contributed by atoms with van der Waals surface area (Å²) in [4.78, 5) is 18.2. The Kier molecular flexibility index (Phi) is 7.68. The van der Waals surface area contributed by atoms with E-state index >= 15 is 0 Å². The first kappa shape index (κ1) is 20.9. The highest BCUT2D eigenvalue weighted by atomic mass is 16.2. The van der Waals surface area contributed by atoms with Crippen LogP contribution in [0.15, 0.2) is 65.7 Å². The predicted octanol–water partition coefficient (Wildman–Crippen LogP) is 3.38. The Balaban J connectivity index is 1.55. The molecule has 1 aliphatic rings. The fourth-order valence-corrected chi connectivity index (χ4v) is 3.95. The number of carbonyl (C=O) groups is 1. The number of aliphatic imine (C=N–C) groups is 1. The van der Waals surface area contributed by atoms with Crippen molar-refractivity contribution in [1.29, 1.82) is 0 Å². The maximum atomic E-state index is 11.9. The van der Waals surface area contributed by atoms with Crippen LogP contribution in [0.4, 0.5) is 0 Å². The lowest BCUT2D eigenvalue weighted by Crippen LogP contribution is -2.45. The minimum absolute atomic E-state index is 0.228. The first-order chi connectivity index (χ1) is 14.2. The van der Waals surface area contributed by atoms with Gasteiger partial charge in [0.1, 0.15) is 0 Å². The third-order valence-corrected chi connectivity index (χ3v) is 5.54. The smallest absolute Gasteiger partial charge is 0.222 e. The van der Waals surface area contributed by atoms with Gasteiger partial charge >= 0.3 is 0 Å². The van der Waals surface area contributed by atoms with Crippen molar-refractivity contribution in [2.24, 2.45) is 4.99 Å². The molecule has 0 aliphatic carbocycles. The number of likely N-dealkylation sites (tertiary alicyclic amines) is 1. The van der Waals surface area contributed by atoms with E-state index in [-0.39, 0.29) is 11.9 Å². The van der Waals surface area contributed by atoms with E-state index in [1.807, 2.05) is 11.8 Å². The summed E-state index contributed by atoms with van der Waals surface area (Å²) in [5, 5.41) is 6.93. The maximum Gasteiger partial charge on any atom is 0.222 e. The molecule has 5 nitrogen and oxygen atoms in total. The van der Waals surface area contributed by atoms with E-state index in [4.69, 9.17) is 0 Å². The second-order valence-electron chi connectivity index (χ2n) is 7.48. The zero-order valence-electron chi connectivity index (χ0n) is 17.5. The van der Waals surface area contributed by atoms with Crippen LogP contribution in [0.5, 0.6) is 0 Å². The Hall–Kier alpha value is -2.82. The van der Waals surface area contributed by atoms with Crippen molar-refractivity contribution in [3.8, 4) is 0 Å². The summed E-state index contributed by atoms with van der Waals surface area (Å²) in [6.07, 6.45) is 2.50. The number of carbonyl (C=O) groups excluding carboxylic acids is 1. The SMILES string of the molecule is CCC(=O)N1CCC(NC(=NC)NCCC(c2ccccc2)c2ccccc2)C1. The average molecular weight is 393 g/mol. The highest BCUT2D eigenvalue weighted by molar-refractivity contribution is 5.80. The van der Waals surface area contributed by atoms with Crippen LogP contribution >= 0.6 is 0 Å². The van der Waals surface area contributed by atoms with Gasteiger partial charge in [-0.15, -0.1) is 0 Å². The predicted molar refractivity (Wildman–Crippen MR) is 119 cm³/mol. The van der Waals surface area contributed by atoms with Gasteiger partial charge in [0.25, 0.3) is 0 Å². The van der Waals surface area contributed by atoms with Gasteiger partial charge in [-0.1, -0.05) is 67.6 Å². The summed E-state index contributed by atoms with van der Waals surface area (Å²) >= 11 is 0. The molecule has 2 aromatic carbocycles. The van der Waals surface area contributed by atoms with Crippen LogP contribution in [0.1, 0.15) is 43.2 Å². The number of rotatable bonds is 7. The third kappa shape index (κ3) is 5.83. The summed E-state index contributed by atoms with van der Waals surface area (Å²) in [5.41, 5.74) is 2.65. The Morgan fingerprint density at radius 3 is 2.28 bits per heavy atom. The van der Waals surface area contributed by atoms with Gasteiger partial charge in [-0.25, -0.2) is 0 Å². The zero-order chi connectivity index (χ0) is 20.5. The number of benzene rings is 2. The van der Waals surface area contributed by atoms with E-state index in [1.54, 1.807) is 7.05 Å². The molecule has 1 atom stereocenters. The van der Waals surface area contributed by atoms with E-state index in [0.29, 0.717) is 12.3 Å². The second kappa shape index (κ2) is 10.6. The van der Waals surface area contributed by atoms with Crippen molar-refractivity contribution >= 4 is 11.9 Å². The Morgan fingerprint density at radius 1 is 1.10 bits per heavy atom. The normalized spacial score (nSPS) is 16.9. The first-order valence-corrected chi connectivity index (χ1v) is 10.6. The van der Waals surface area contributed by atoms with E-state index in [9.17, 15) is 4.79 Å². The molecule has 29 heavy (non-hydrogen) atoms. The number of nitrogens with zero attached hydrogens (tertiary/aromatic N) is 2. The number of amides is 1. The van der Waals surface area contributed by atoms with Gasteiger partial charge in [-0.2, -0.15) is 0 Å². The van der Waals surface area contributed by atoms with Gasteiger partial charge < -0.3 is 15.5 Å². The van der Waals surface area contributed by atoms with Gasteiger partial charge in [0.05, 0.1) is 0 Å². The lowest BCUT2D eigenvalue weighted by atomic mass is 9.88. The first-order valence-electron chi connectivity index (χ1n) is 10.6. The number of guanidine groups is 1. The molecular weight excluding hydrogens is 360 g/mol. The van der Waals surface area contributed by atoms with Gasteiger partial charge in [0, 0.05) is 45.1 Å². The van der Waals surface area contributed by atoms with Crippen molar-refractivity contribution < 1.29 is 4.79 Å². The fourth-order valence-electron chi connectivity index (χ4n) is 3.95. The largest absolute Gasteiger partial charge is 0.356 e. The molecule has 0 radical (unpaired) electrons. The van der Waals surface area contributed by atoms with Crippen LogP contribution < -0.4 is 10.6 Å². The number of hydrogen-bond acceptors (Lipinski definition) is 2. The van der Waals surface area contributed by atoms with Crippen LogP contribution in [-0.2, 0) is 4.79 Å². The van der Waals surface area contributed by atoms with Crippen LogP contribution in [0.2, 0.25) is 0 Å². The Morgan fingerprint density at radius 2 is 1.72 bits per heavy atom. The molecule has 1 unspecified atom stereocenters. The molecule has 3 rings (SSSR count). The minimum atomic E-state index is 0.228. The molecule has 2 N–H and O–H groups in total. The van der Waals surface area contributed by atoms with E-state index < -0.39 is 0 Å². The minimum Gasteiger partial charge on any atom is -0.356 e. The van der Waals surface area contributed by atoms with Crippen molar-refractivity contribution in [2.45, 2.75) is 38.1 Å². The average Bonchev–Trinajstić information content (AvgIpc) is 3.25. The zero-order valence-corrected chi connectivity index (χ0v) is 17.5.